The number of halogens is 3. The Bertz CT molecular complexity index is 1210. The summed E-state index contributed by atoms with van der Waals surface area (Å²) >= 11 is 3.91. The number of fused-ring (bicyclic) bond motifs is 1. The monoisotopic (exact) mass is 512 g/mol. The molecule has 1 aliphatic rings. The third-order valence-electron chi connectivity index (χ3n) is 5.56. The summed E-state index contributed by atoms with van der Waals surface area (Å²) in [6.07, 6.45) is -1.84. The number of nitrogens with one attached hydrogen (secondary N) is 1. The van der Waals surface area contributed by atoms with Crippen molar-refractivity contribution < 1.29 is 27.0 Å². The van der Waals surface area contributed by atoms with E-state index in [1.54, 1.807) is 24.3 Å². The van der Waals surface area contributed by atoms with Gasteiger partial charge in [-0.2, -0.15) is 4.98 Å². The van der Waals surface area contributed by atoms with Gasteiger partial charge >= 0.3 is 0 Å². The molecular weight excluding hydrogens is 490 g/mol. The van der Waals surface area contributed by atoms with Gasteiger partial charge in [0.25, 0.3) is 0 Å². The van der Waals surface area contributed by atoms with E-state index in [2.05, 4.69) is 14.7 Å². The van der Waals surface area contributed by atoms with Crippen LogP contribution < -0.4 is 14.4 Å². The maximum absolute atomic E-state index is 15.5. The predicted molar refractivity (Wildman–Crippen MR) is 127 cm³/mol. The van der Waals surface area contributed by atoms with Crippen molar-refractivity contribution in [3.8, 4) is 16.9 Å². The van der Waals surface area contributed by atoms with Crippen LogP contribution in [-0.4, -0.2) is 58.7 Å². The number of methoxy groups -OCH3 is 1. The van der Waals surface area contributed by atoms with Crippen molar-refractivity contribution in [1.29, 1.82) is 0 Å². The van der Waals surface area contributed by atoms with Crippen molar-refractivity contribution in [3.63, 3.8) is 0 Å². The van der Waals surface area contributed by atoms with Gasteiger partial charge in [0, 0.05) is 47.8 Å². The van der Waals surface area contributed by atoms with Gasteiger partial charge in [-0.3, -0.25) is 4.55 Å². The standard InChI is InChI=1S/C22H23ClF2N4O4S/c1-32-19-12-18-16(21(28-22(23)27-18)29-7-9-33-10-8-29)11-15(19)13-3-2-4-14(20(13)25)17(24)5-6-26-34(30)31/h2-4,11-12,17,26H,5-10H2,1H3,(H,30,31). The summed E-state index contributed by atoms with van der Waals surface area (Å²) in [6.45, 7) is 2.22. The minimum Gasteiger partial charge on any atom is -0.496 e. The molecule has 1 saturated heterocycles. The van der Waals surface area contributed by atoms with Crippen LogP contribution in [0.4, 0.5) is 14.6 Å². The minimum atomic E-state index is -2.26. The fourth-order valence-corrected chi connectivity index (χ4v) is 4.40. The Morgan fingerprint density at radius 2 is 2.06 bits per heavy atom. The lowest BCUT2D eigenvalue weighted by atomic mass is 9.97. The van der Waals surface area contributed by atoms with Crippen LogP contribution in [0.25, 0.3) is 22.0 Å². The molecule has 2 aromatic carbocycles. The lowest BCUT2D eigenvalue weighted by Gasteiger charge is -2.29. The van der Waals surface area contributed by atoms with Crippen LogP contribution in [0.1, 0.15) is 18.2 Å². The van der Waals surface area contributed by atoms with Crippen LogP contribution >= 0.6 is 11.6 Å². The van der Waals surface area contributed by atoms with E-state index in [0.29, 0.717) is 54.3 Å². The third kappa shape index (κ3) is 5.28. The zero-order chi connectivity index (χ0) is 24.2. The minimum absolute atomic E-state index is 0.0784. The summed E-state index contributed by atoms with van der Waals surface area (Å²) < 4.78 is 63.0. The molecule has 0 amide bonds. The maximum atomic E-state index is 15.5. The smallest absolute Gasteiger partial charge is 0.231 e. The molecule has 8 nitrogen and oxygen atoms in total. The quantitative estimate of drug-likeness (QED) is 0.347. The maximum Gasteiger partial charge on any atom is 0.231 e. The first-order valence-electron chi connectivity index (χ1n) is 10.5. The van der Waals surface area contributed by atoms with Crippen LogP contribution in [-0.2, 0) is 16.0 Å². The van der Waals surface area contributed by atoms with Crippen LogP contribution in [0.15, 0.2) is 30.3 Å². The van der Waals surface area contributed by atoms with Gasteiger partial charge in [-0.15, -0.1) is 0 Å². The van der Waals surface area contributed by atoms with E-state index in [-0.39, 0.29) is 29.4 Å². The van der Waals surface area contributed by atoms with E-state index in [1.165, 1.54) is 13.2 Å². The van der Waals surface area contributed by atoms with E-state index in [9.17, 15) is 8.60 Å². The van der Waals surface area contributed by atoms with Crippen LogP contribution in [0.3, 0.4) is 0 Å². The van der Waals surface area contributed by atoms with Gasteiger partial charge in [0.05, 0.1) is 25.8 Å². The number of aromatic nitrogens is 2. The largest absolute Gasteiger partial charge is 0.496 e. The van der Waals surface area contributed by atoms with Crippen molar-refractivity contribution in [2.75, 3.05) is 44.9 Å². The van der Waals surface area contributed by atoms with Crippen LogP contribution in [0.5, 0.6) is 5.75 Å². The topological polar surface area (TPSA) is 96.8 Å². The molecular formula is C22H23ClF2N4O4S. The molecule has 1 aromatic heterocycles. The molecule has 12 heteroatoms. The molecule has 2 N–H and O–H groups in total. The number of alkyl halides is 1. The van der Waals surface area contributed by atoms with E-state index >= 15 is 4.39 Å². The summed E-state index contributed by atoms with van der Waals surface area (Å²) in [6, 6.07) is 7.84. The van der Waals surface area contributed by atoms with Gasteiger partial charge < -0.3 is 14.4 Å². The number of anilines is 1. The molecule has 0 saturated carbocycles. The average molecular weight is 513 g/mol. The summed E-state index contributed by atoms with van der Waals surface area (Å²) in [5.41, 5.74) is 0.952. The molecule has 182 valence electrons. The first-order chi connectivity index (χ1) is 16.4. The average Bonchev–Trinajstić information content (AvgIpc) is 2.83. The van der Waals surface area contributed by atoms with E-state index in [4.69, 9.17) is 25.6 Å². The first kappa shape index (κ1) is 24.7. The SMILES string of the molecule is COc1cc2nc(Cl)nc(N3CCOCC3)c2cc1-c1cccc(C(F)CCNS(=O)O)c1F. The zero-order valence-corrected chi connectivity index (χ0v) is 19.8. The molecule has 1 fully saturated rings. The highest BCUT2D eigenvalue weighted by Gasteiger charge is 2.23. The molecule has 4 rings (SSSR count). The van der Waals surface area contributed by atoms with Gasteiger partial charge in [-0.1, -0.05) is 18.2 Å². The molecule has 2 heterocycles. The van der Waals surface area contributed by atoms with Crippen molar-refractivity contribution in [3.05, 3.63) is 47.0 Å². The number of nitrogens with zero attached hydrogens (tertiary/aromatic N) is 3. The Balaban J connectivity index is 1.79. The summed E-state index contributed by atoms with van der Waals surface area (Å²) in [4.78, 5) is 10.7. The van der Waals surface area contributed by atoms with Gasteiger partial charge in [0.15, 0.2) is 0 Å². The molecule has 0 aliphatic carbocycles. The van der Waals surface area contributed by atoms with Gasteiger partial charge in [-0.25, -0.2) is 22.7 Å². The number of morpholine rings is 1. The first-order valence-corrected chi connectivity index (χ1v) is 12.0. The highest BCUT2D eigenvalue weighted by Crippen LogP contribution is 2.40. The third-order valence-corrected chi connectivity index (χ3v) is 6.18. The summed E-state index contributed by atoms with van der Waals surface area (Å²) in [5.74, 6) is 0.213. The van der Waals surface area contributed by atoms with Crippen molar-refractivity contribution in [2.45, 2.75) is 12.6 Å². The lowest BCUT2D eigenvalue weighted by Crippen LogP contribution is -2.37. The molecule has 0 bridgehead atoms. The molecule has 2 atom stereocenters. The Morgan fingerprint density at radius 1 is 1.29 bits per heavy atom. The molecule has 3 aromatic rings. The summed E-state index contributed by atoms with van der Waals surface area (Å²) in [5, 5.41) is 0.730. The van der Waals surface area contributed by atoms with Gasteiger partial charge in [0.2, 0.25) is 16.6 Å². The van der Waals surface area contributed by atoms with E-state index in [1.807, 2.05) is 4.90 Å². The van der Waals surface area contributed by atoms with Crippen LogP contribution in [0, 0.1) is 5.82 Å². The molecule has 34 heavy (non-hydrogen) atoms. The second-order valence-corrected chi connectivity index (χ2v) is 8.72. The molecule has 1 aliphatic heterocycles. The zero-order valence-electron chi connectivity index (χ0n) is 18.3. The lowest BCUT2D eigenvalue weighted by molar-refractivity contribution is 0.122. The Morgan fingerprint density at radius 3 is 2.76 bits per heavy atom. The van der Waals surface area contributed by atoms with Crippen molar-refractivity contribution in [1.82, 2.24) is 14.7 Å². The molecule has 0 radical (unpaired) electrons. The number of rotatable bonds is 8. The second kappa shape index (κ2) is 10.9. The Kier molecular flexibility index (Phi) is 7.89. The summed E-state index contributed by atoms with van der Waals surface area (Å²) in [7, 11) is 1.46. The number of hydrogen-bond donors (Lipinski definition) is 2. The van der Waals surface area contributed by atoms with Gasteiger partial charge in [-0.05, 0) is 24.1 Å². The Hall–Kier alpha value is -2.44. The van der Waals surface area contributed by atoms with Gasteiger partial charge in [0.1, 0.15) is 23.6 Å². The Labute approximate surface area is 202 Å². The van der Waals surface area contributed by atoms with Crippen molar-refractivity contribution >= 4 is 39.6 Å². The highest BCUT2D eigenvalue weighted by molar-refractivity contribution is 7.77. The fourth-order valence-electron chi connectivity index (χ4n) is 3.94. The van der Waals surface area contributed by atoms with E-state index < -0.39 is 23.3 Å². The number of hydrogen-bond acceptors (Lipinski definition) is 6. The fraction of sp³-hybridized carbons (Fsp3) is 0.364. The van der Waals surface area contributed by atoms with Crippen molar-refractivity contribution in [2.24, 2.45) is 0 Å². The van der Waals surface area contributed by atoms with Crippen LogP contribution in [0.2, 0.25) is 5.28 Å². The highest BCUT2D eigenvalue weighted by atomic mass is 35.5. The molecule has 2 unspecified atom stereocenters. The van der Waals surface area contributed by atoms with E-state index in [0.717, 1.165) is 0 Å². The number of ether oxygens (including phenoxy) is 2. The predicted octanol–water partition coefficient (Wildman–Crippen LogP) is 4.06. The second-order valence-electron chi connectivity index (χ2n) is 7.59. The molecule has 0 spiro atoms. The normalized spacial score (nSPS) is 16.0. The number of benzene rings is 2.